The highest BCUT2D eigenvalue weighted by atomic mass is 16.5. The smallest absolute Gasteiger partial charge is 0.0699 e. The Bertz CT molecular complexity index is 162. The predicted octanol–water partition coefficient (Wildman–Crippen LogP) is 2.19. The largest absolute Gasteiger partial charge is 0.377 e. The minimum Gasteiger partial charge on any atom is -0.377 e. The van der Waals surface area contributed by atoms with Crippen molar-refractivity contribution in [3.05, 3.63) is 0 Å². The van der Waals surface area contributed by atoms with E-state index >= 15 is 0 Å². The van der Waals surface area contributed by atoms with Crippen LogP contribution in [0.5, 0.6) is 0 Å². The van der Waals surface area contributed by atoms with Gasteiger partial charge in [-0.1, -0.05) is 6.92 Å². The SMILES string of the molecule is C#CCCCC(NCC)C(C)OCC. The van der Waals surface area contributed by atoms with E-state index in [0.29, 0.717) is 6.04 Å². The molecule has 0 fully saturated rings. The van der Waals surface area contributed by atoms with Crippen molar-refractivity contribution in [2.24, 2.45) is 0 Å². The van der Waals surface area contributed by atoms with Crippen molar-refractivity contribution in [3.63, 3.8) is 0 Å². The summed E-state index contributed by atoms with van der Waals surface area (Å²) < 4.78 is 5.57. The standard InChI is InChI=1S/C12H23NO/c1-5-8-9-10-12(13-6-2)11(4)14-7-3/h1,11-13H,6-10H2,2-4H3. The molecule has 2 unspecified atom stereocenters. The first-order valence-corrected chi connectivity index (χ1v) is 5.54. The van der Waals surface area contributed by atoms with Gasteiger partial charge in [0.15, 0.2) is 0 Å². The number of terminal acetylenes is 1. The van der Waals surface area contributed by atoms with Crippen LogP contribution in [0.3, 0.4) is 0 Å². The maximum Gasteiger partial charge on any atom is 0.0699 e. The fraction of sp³-hybridized carbons (Fsp3) is 0.833. The molecule has 0 saturated heterocycles. The van der Waals surface area contributed by atoms with E-state index in [1.54, 1.807) is 0 Å². The van der Waals surface area contributed by atoms with Crippen LogP contribution in [0.15, 0.2) is 0 Å². The summed E-state index contributed by atoms with van der Waals surface area (Å²) in [6.07, 6.45) is 8.53. The van der Waals surface area contributed by atoms with Crippen molar-refractivity contribution in [1.29, 1.82) is 0 Å². The molecular formula is C12H23NO. The lowest BCUT2D eigenvalue weighted by molar-refractivity contribution is 0.0452. The predicted molar refractivity (Wildman–Crippen MR) is 61.2 cm³/mol. The van der Waals surface area contributed by atoms with Crippen LogP contribution in [0.25, 0.3) is 0 Å². The summed E-state index contributed by atoms with van der Waals surface area (Å²) in [5.41, 5.74) is 0. The van der Waals surface area contributed by atoms with E-state index in [0.717, 1.165) is 32.4 Å². The lowest BCUT2D eigenvalue weighted by Gasteiger charge is -2.24. The third-order valence-electron chi connectivity index (χ3n) is 2.30. The Hall–Kier alpha value is -0.520. The van der Waals surface area contributed by atoms with E-state index in [2.05, 4.69) is 25.1 Å². The van der Waals surface area contributed by atoms with Gasteiger partial charge in [0.2, 0.25) is 0 Å². The number of ether oxygens (including phenoxy) is 1. The highest BCUT2D eigenvalue weighted by Gasteiger charge is 2.15. The van der Waals surface area contributed by atoms with Gasteiger partial charge in [-0.05, 0) is 33.2 Å². The van der Waals surface area contributed by atoms with Crippen LogP contribution < -0.4 is 5.32 Å². The molecule has 0 aliphatic carbocycles. The van der Waals surface area contributed by atoms with Crippen LogP contribution in [0.4, 0.5) is 0 Å². The van der Waals surface area contributed by atoms with E-state index in [4.69, 9.17) is 11.2 Å². The maximum atomic E-state index is 5.57. The van der Waals surface area contributed by atoms with Crippen LogP contribution >= 0.6 is 0 Å². The molecule has 0 rings (SSSR count). The summed E-state index contributed by atoms with van der Waals surface area (Å²) in [5.74, 6) is 2.67. The number of rotatable bonds is 8. The summed E-state index contributed by atoms with van der Waals surface area (Å²) in [6.45, 7) is 8.02. The molecule has 82 valence electrons. The van der Waals surface area contributed by atoms with Gasteiger partial charge < -0.3 is 10.1 Å². The first-order chi connectivity index (χ1) is 6.76. The first-order valence-electron chi connectivity index (χ1n) is 5.54. The highest BCUT2D eigenvalue weighted by Crippen LogP contribution is 2.07. The molecule has 0 radical (unpaired) electrons. The van der Waals surface area contributed by atoms with Crippen LogP contribution in [0.2, 0.25) is 0 Å². The van der Waals surface area contributed by atoms with E-state index in [-0.39, 0.29) is 6.10 Å². The molecule has 0 amide bonds. The van der Waals surface area contributed by atoms with Crippen molar-refractivity contribution < 1.29 is 4.74 Å². The molecule has 0 spiro atoms. The minimum absolute atomic E-state index is 0.276. The van der Waals surface area contributed by atoms with Crippen LogP contribution in [0.1, 0.15) is 40.0 Å². The lowest BCUT2D eigenvalue weighted by Crippen LogP contribution is -2.39. The second-order valence-electron chi connectivity index (χ2n) is 3.42. The number of hydrogen-bond donors (Lipinski definition) is 1. The highest BCUT2D eigenvalue weighted by molar-refractivity contribution is 4.84. The van der Waals surface area contributed by atoms with Gasteiger partial charge >= 0.3 is 0 Å². The Labute approximate surface area is 88.4 Å². The molecule has 0 aromatic heterocycles. The molecule has 14 heavy (non-hydrogen) atoms. The second kappa shape index (κ2) is 9.05. The molecule has 0 aliphatic heterocycles. The molecule has 0 bridgehead atoms. The third kappa shape index (κ3) is 6.01. The third-order valence-corrected chi connectivity index (χ3v) is 2.30. The number of unbranched alkanes of at least 4 members (excludes halogenated alkanes) is 1. The Morgan fingerprint density at radius 1 is 1.43 bits per heavy atom. The van der Waals surface area contributed by atoms with E-state index in [1.165, 1.54) is 0 Å². The van der Waals surface area contributed by atoms with E-state index in [1.807, 2.05) is 6.92 Å². The van der Waals surface area contributed by atoms with Crippen molar-refractivity contribution >= 4 is 0 Å². The fourth-order valence-electron chi connectivity index (χ4n) is 1.57. The monoisotopic (exact) mass is 197 g/mol. The van der Waals surface area contributed by atoms with Gasteiger partial charge in [-0.25, -0.2) is 0 Å². The molecule has 0 aliphatic rings. The van der Waals surface area contributed by atoms with Crippen molar-refractivity contribution in [2.45, 2.75) is 52.2 Å². The summed E-state index contributed by atoms with van der Waals surface area (Å²) in [7, 11) is 0. The Morgan fingerprint density at radius 3 is 2.64 bits per heavy atom. The average Bonchev–Trinajstić information content (AvgIpc) is 2.17. The first kappa shape index (κ1) is 13.5. The average molecular weight is 197 g/mol. The van der Waals surface area contributed by atoms with Crippen molar-refractivity contribution in [3.8, 4) is 12.3 Å². The zero-order chi connectivity index (χ0) is 10.8. The Balaban J connectivity index is 3.81. The topological polar surface area (TPSA) is 21.3 Å². The van der Waals surface area contributed by atoms with Gasteiger partial charge in [-0.15, -0.1) is 12.3 Å². The van der Waals surface area contributed by atoms with Gasteiger partial charge in [-0.2, -0.15) is 0 Å². The van der Waals surface area contributed by atoms with Gasteiger partial charge in [-0.3, -0.25) is 0 Å². The zero-order valence-corrected chi connectivity index (χ0v) is 9.68. The Morgan fingerprint density at radius 2 is 2.14 bits per heavy atom. The van der Waals surface area contributed by atoms with E-state index < -0.39 is 0 Å². The molecular weight excluding hydrogens is 174 g/mol. The Kier molecular flexibility index (Phi) is 8.72. The number of nitrogens with one attached hydrogen (secondary N) is 1. The normalized spacial score (nSPS) is 14.7. The fourth-order valence-corrected chi connectivity index (χ4v) is 1.57. The quantitative estimate of drug-likeness (QED) is 0.476. The molecule has 0 heterocycles. The minimum atomic E-state index is 0.276. The second-order valence-corrected chi connectivity index (χ2v) is 3.42. The molecule has 0 aromatic rings. The van der Waals surface area contributed by atoms with Gasteiger partial charge in [0.25, 0.3) is 0 Å². The van der Waals surface area contributed by atoms with Crippen LogP contribution in [0, 0.1) is 12.3 Å². The molecule has 1 N–H and O–H groups in total. The van der Waals surface area contributed by atoms with Crippen LogP contribution in [-0.4, -0.2) is 25.3 Å². The lowest BCUT2D eigenvalue weighted by atomic mass is 10.1. The van der Waals surface area contributed by atoms with Gasteiger partial charge in [0, 0.05) is 19.1 Å². The molecule has 2 heteroatoms. The van der Waals surface area contributed by atoms with Crippen molar-refractivity contribution in [2.75, 3.05) is 13.2 Å². The number of likely N-dealkylation sites (N-methyl/N-ethyl adjacent to an activating group) is 1. The molecule has 2 nitrogen and oxygen atoms in total. The molecule has 0 aromatic carbocycles. The van der Waals surface area contributed by atoms with Gasteiger partial charge in [0.05, 0.1) is 6.10 Å². The maximum absolute atomic E-state index is 5.57. The van der Waals surface area contributed by atoms with Crippen molar-refractivity contribution in [1.82, 2.24) is 5.32 Å². The van der Waals surface area contributed by atoms with Gasteiger partial charge in [0.1, 0.15) is 0 Å². The summed E-state index contributed by atoms with van der Waals surface area (Å²) in [4.78, 5) is 0. The summed E-state index contributed by atoms with van der Waals surface area (Å²) in [5, 5.41) is 3.43. The zero-order valence-electron chi connectivity index (χ0n) is 9.68. The molecule has 0 saturated carbocycles. The summed E-state index contributed by atoms with van der Waals surface area (Å²) >= 11 is 0. The summed E-state index contributed by atoms with van der Waals surface area (Å²) in [6, 6.07) is 0.438. The van der Waals surface area contributed by atoms with Crippen LogP contribution in [-0.2, 0) is 4.74 Å². The van der Waals surface area contributed by atoms with E-state index in [9.17, 15) is 0 Å². The molecule has 2 atom stereocenters. The number of hydrogen-bond acceptors (Lipinski definition) is 2.